The normalized spacial score (nSPS) is 11.9. The van der Waals surface area contributed by atoms with E-state index < -0.39 is 10.8 Å². The van der Waals surface area contributed by atoms with Crippen LogP contribution in [-0.4, -0.2) is 15.9 Å². The molecule has 0 bridgehead atoms. The Hall–Kier alpha value is -1.94. The van der Waals surface area contributed by atoms with Crippen LogP contribution in [0.4, 0.5) is 5.69 Å². The minimum absolute atomic E-state index is 0.0978. The number of rotatable bonds is 6. The molecule has 2 rings (SSSR count). The molecule has 0 saturated heterocycles. The Labute approximate surface area is 127 Å². The van der Waals surface area contributed by atoms with Crippen molar-refractivity contribution in [3.8, 4) is 0 Å². The van der Waals surface area contributed by atoms with Crippen LogP contribution in [0.1, 0.15) is 17.5 Å². The monoisotopic (exact) mass is 301 g/mol. The van der Waals surface area contributed by atoms with Gasteiger partial charge in [-0.2, -0.15) is 0 Å². The fourth-order valence-electron chi connectivity index (χ4n) is 1.97. The molecule has 0 aliphatic rings. The molecule has 0 spiro atoms. The molecule has 3 nitrogen and oxygen atoms in total. The molecule has 2 aromatic carbocycles. The third kappa shape index (κ3) is 5.16. The van der Waals surface area contributed by atoms with Crippen LogP contribution in [0.25, 0.3) is 0 Å². The first-order chi connectivity index (χ1) is 10.1. The highest BCUT2D eigenvalue weighted by Crippen LogP contribution is 2.11. The van der Waals surface area contributed by atoms with E-state index in [-0.39, 0.29) is 12.3 Å². The number of amides is 1. The van der Waals surface area contributed by atoms with Crippen molar-refractivity contribution in [3.05, 3.63) is 65.7 Å². The summed E-state index contributed by atoms with van der Waals surface area (Å²) in [5, 5.41) is 2.80. The van der Waals surface area contributed by atoms with Crippen molar-refractivity contribution in [2.75, 3.05) is 11.1 Å². The first kappa shape index (κ1) is 15.4. The van der Waals surface area contributed by atoms with Gasteiger partial charge in [0.15, 0.2) is 0 Å². The molecule has 0 radical (unpaired) electrons. The predicted octanol–water partition coefficient (Wildman–Crippen LogP) is 3.27. The maximum Gasteiger partial charge on any atom is 0.225 e. The maximum absolute atomic E-state index is 12.1. The van der Waals surface area contributed by atoms with Gasteiger partial charge in [-0.25, -0.2) is 0 Å². The molecular formula is C17H19NO2S. The van der Waals surface area contributed by atoms with Gasteiger partial charge in [0, 0.05) is 34.4 Å². The Balaban J connectivity index is 1.79. The second kappa shape index (κ2) is 7.74. The number of hydrogen-bond acceptors (Lipinski definition) is 2. The summed E-state index contributed by atoms with van der Waals surface area (Å²) in [6.45, 7) is 2.01. The van der Waals surface area contributed by atoms with Crippen molar-refractivity contribution in [1.29, 1.82) is 0 Å². The van der Waals surface area contributed by atoms with Crippen LogP contribution >= 0.6 is 0 Å². The van der Waals surface area contributed by atoms with E-state index in [0.717, 1.165) is 16.8 Å². The van der Waals surface area contributed by atoms with Crippen molar-refractivity contribution in [2.45, 2.75) is 19.1 Å². The standard InChI is InChI=1S/C17H19NO2S/c1-14-7-5-6-8-15(14)13-21(20)12-11-17(19)18-16-9-3-2-4-10-16/h2-10H,11-13H2,1H3,(H,18,19). The highest BCUT2D eigenvalue weighted by molar-refractivity contribution is 7.84. The fraction of sp³-hybridized carbons (Fsp3) is 0.235. The van der Waals surface area contributed by atoms with Crippen LogP contribution in [-0.2, 0) is 21.3 Å². The summed E-state index contributed by atoms with van der Waals surface area (Å²) >= 11 is 0. The van der Waals surface area contributed by atoms with E-state index in [9.17, 15) is 9.00 Å². The van der Waals surface area contributed by atoms with Gasteiger partial charge in [0.05, 0.1) is 0 Å². The van der Waals surface area contributed by atoms with Crippen LogP contribution in [0.2, 0.25) is 0 Å². The van der Waals surface area contributed by atoms with E-state index in [0.29, 0.717) is 11.5 Å². The molecule has 1 atom stereocenters. The lowest BCUT2D eigenvalue weighted by Crippen LogP contribution is -2.15. The van der Waals surface area contributed by atoms with Gasteiger partial charge in [0.2, 0.25) is 5.91 Å². The van der Waals surface area contributed by atoms with Gasteiger partial charge in [0.25, 0.3) is 0 Å². The van der Waals surface area contributed by atoms with Crippen molar-refractivity contribution < 1.29 is 9.00 Å². The Bertz CT molecular complexity index is 626. The van der Waals surface area contributed by atoms with Crippen molar-refractivity contribution in [2.24, 2.45) is 0 Å². The zero-order chi connectivity index (χ0) is 15.1. The maximum atomic E-state index is 12.1. The largest absolute Gasteiger partial charge is 0.326 e. The Morgan fingerprint density at radius 1 is 1.05 bits per heavy atom. The SMILES string of the molecule is Cc1ccccc1CS(=O)CCC(=O)Nc1ccccc1. The number of carbonyl (C=O) groups excluding carboxylic acids is 1. The highest BCUT2D eigenvalue weighted by Gasteiger charge is 2.08. The highest BCUT2D eigenvalue weighted by atomic mass is 32.2. The molecule has 0 fully saturated rings. The summed E-state index contributed by atoms with van der Waals surface area (Å²) in [6.07, 6.45) is 0.271. The summed E-state index contributed by atoms with van der Waals surface area (Å²) in [6, 6.07) is 17.2. The first-order valence-electron chi connectivity index (χ1n) is 6.89. The molecule has 0 aromatic heterocycles. The van der Waals surface area contributed by atoms with Crippen LogP contribution < -0.4 is 5.32 Å². The second-order valence-corrected chi connectivity index (χ2v) is 6.46. The number of anilines is 1. The van der Waals surface area contributed by atoms with Gasteiger partial charge in [-0.15, -0.1) is 0 Å². The van der Waals surface area contributed by atoms with Gasteiger partial charge in [0.1, 0.15) is 0 Å². The molecular weight excluding hydrogens is 282 g/mol. The van der Waals surface area contributed by atoms with Crippen molar-refractivity contribution in [3.63, 3.8) is 0 Å². The van der Waals surface area contributed by atoms with Gasteiger partial charge < -0.3 is 5.32 Å². The third-order valence-electron chi connectivity index (χ3n) is 3.19. The van der Waals surface area contributed by atoms with E-state index in [1.54, 1.807) is 0 Å². The number of hydrogen-bond donors (Lipinski definition) is 1. The lowest BCUT2D eigenvalue weighted by atomic mass is 10.1. The first-order valence-corrected chi connectivity index (χ1v) is 8.38. The van der Waals surface area contributed by atoms with Crippen LogP contribution in [0.15, 0.2) is 54.6 Å². The molecule has 1 amide bonds. The Kier molecular flexibility index (Phi) is 5.69. The minimum Gasteiger partial charge on any atom is -0.326 e. The summed E-state index contributed by atoms with van der Waals surface area (Å²) in [5.74, 6) is 0.789. The number of aryl methyl sites for hydroxylation is 1. The minimum atomic E-state index is -1.02. The fourth-order valence-corrected chi connectivity index (χ4v) is 3.20. The zero-order valence-electron chi connectivity index (χ0n) is 12.0. The van der Waals surface area contributed by atoms with Gasteiger partial charge in [-0.1, -0.05) is 42.5 Å². The molecule has 0 aliphatic carbocycles. The number of carbonyl (C=O) groups is 1. The van der Waals surface area contributed by atoms with Crippen LogP contribution in [0, 0.1) is 6.92 Å². The molecule has 0 saturated carbocycles. The Morgan fingerprint density at radius 2 is 1.71 bits per heavy atom. The third-order valence-corrected chi connectivity index (χ3v) is 4.48. The van der Waals surface area contributed by atoms with Crippen LogP contribution in [0.3, 0.4) is 0 Å². The smallest absolute Gasteiger partial charge is 0.225 e. The molecule has 2 aromatic rings. The lowest BCUT2D eigenvalue weighted by Gasteiger charge is -2.07. The summed E-state index contributed by atoms with van der Waals surface area (Å²) in [7, 11) is -1.02. The lowest BCUT2D eigenvalue weighted by molar-refractivity contribution is -0.115. The van der Waals surface area contributed by atoms with Crippen LogP contribution in [0.5, 0.6) is 0 Å². The predicted molar refractivity (Wildman–Crippen MR) is 87.6 cm³/mol. The average Bonchev–Trinajstić information content (AvgIpc) is 2.49. The molecule has 1 N–H and O–H groups in total. The molecule has 21 heavy (non-hydrogen) atoms. The topological polar surface area (TPSA) is 46.2 Å². The van der Waals surface area contributed by atoms with Crippen molar-refractivity contribution in [1.82, 2.24) is 0 Å². The van der Waals surface area contributed by atoms with E-state index >= 15 is 0 Å². The Morgan fingerprint density at radius 3 is 2.43 bits per heavy atom. The van der Waals surface area contributed by atoms with Gasteiger partial charge in [-0.3, -0.25) is 9.00 Å². The molecule has 1 unspecified atom stereocenters. The number of nitrogens with one attached hydrogen (secondary N) is 1. The van der Waals surface area contributed by atoms with Crippen molar-refractivity contribution >= 4 is 22.4 Å². The summed E-state index contributed by atoms with van der Waals surface area (Å²) in [5.41, 5.74) is 2.99. The number of para-hydroxylation sites is 1. The quantitative estimate of drug-likeness (QED) is 0.890. The van der Waals surface area contributed by atoms with E-state index in [4.69, 9.17) is 0 Å². The molecule has 0 heterocycles. The number of benzene rings is 2. The molecule has 4 heteroatoms. The van der Waals surface area contributed by atoms with Gasteiger partial charge >= 0.3 is 0 Å². The molecule has 0 aliphatic heterocycles. The zero-order valence-corrected chi connectivity index (χ0v) is 12.9. The van der Waals surface area contributed by atoms with E-state index in [2.05, 4.69) is 5.32 Å². The molecule has 110 valence electrons. The second-order valence-electron chi connectivity index (χ2n) is 4.88. The van der Waals surface area contributed by atoms with Gasteiger partial charge in [-0.05, 0) is 30.2 Å². The van der Waals surface area contributed by atoms with E-state index in [1.165, 1.54) is 0 Å². The average molecular weight is 301 g/mol. The summed E-state index contributed by atoms with van der Waals surface area (Å²) in [4.78, 5) is 11.8. The van der Waals surface area contributed by atoms with E-state index in [1.807, 2.05) is 61.5 Å². The summed E-state index contributed by atoms with van der Waals surface area (Å²) < 4.78 is 12.1.